The Morgan fingerprint density at radius 3 is 2.72 bits per heavy atom. The molecule has 0 aliphatic carbocycles. The van der Waals surface area contributed by atoms with E-state index in [9.17, 15) is 4.79 Å². The molecule has 0 atom stereocenters. The Morgan fingerprint density at radius 2 is 1.96 bits per heavy atom. The average Bonchev–Trinajstić information content (AvgIpc) is 3.04. The topological polar surface area (TPSA) is 68.5 Å². The van der Waals surface area contributed by atoms with Gasteiger partial charge in [0.05, 0.1) is 24.5 Å². The number of fused-ring (bicyclic) bond motifs is 1. The molecule has 1 amide bonds. The van der Waals surface area contributed by atoms with Crippen LogP contribution in [0.4, 0.5) is 0 Å². The minimum atomic E-state index is -0.183. The number of hydrazone groups is 1. The maximum atomic E-state index is 12.1. The Kier molecular flexibility index (Phi) is 5.09. The molecule has 0 radical (unpaired) electrons. The van der Waals surface area contributed by atoms with Gasteiger partial charge in [0.15, 0.2) is 0 Å². The number of benzene rings is 2. The van der Waals surface area contributed by atoms with E-state index in [0.29, 0.717) is 6.42 Å². The monoisotopic (exact) mass is 336 g/mol. The normalized spacial score (nSPS) is 11.5. The Hall–Kier alpha value is -3.15. The number of ether oxygens (including phenoxy) is 1. The van der Waals surface area contributed by atoms with Gasteiger partial charge < -0.3 is 9.30 Å². The standard InChI is InChI=1S/C19H20N4O2/c1-14(11-15-7-9-16(25-2)10-8-15)21-22-19(24)12-23-13-20-17-5-3-4-6-18(17)23/h3-10,13H,11-12H2,1-2H3,(H,22,24)/b21-14-. The summed E-state index contributed by atoms with van der Waals surface area (Å²) < 4.78 is 6.94. The SMILES string of the molecule is COc1ccc(C/C(C)=N\NC(=O)Cn2cnc3ccccc32)cc1. The summed E-state index contributed by atoms with van der Waals surface area (Å²) in [5.41, 5.74) is 6.34. The van der Waals surface area contributed by atoms with Crippen LogP contribution in [0.25, 0.3) is 11.0 Å². The summed E-state index contributed by atoms with van der Waals surface area (Å²) in [5, 5.41) is 4.17. The van der Waals surface area contributed by atoms with Crippen molar-refractivity contribution in [2.24, 2.45) is 5.10 Å². The lowest BCUT2D eigenvalue weighted by Gasteiger charge is -2.05. The Labute approximate surface area is 146 Å². The van der Waals surface area contributed by atoms with Crippen LogP contribution in [0.1, 0.15) is 12.5 Å². The Morgan fingerprint density at radius 1 is 1.20 bits per heavy atom. The van der Waals surface area contributed by atoms with Gasteiger partial charge in [0, 0.05) is 12.1 Å². The minimum Gasteiger partial charge on any atom is -0.497 e. The van der Waals surface area contributed by atoms with E-state index in [0.717, 1.165) is 28.1 Å². The van der Waals surface area contributed by atoms with E-state index in [-0.39, 0.29) is 12.5 Å². The van der Waals surface area contributed by atoms with Crippen LogP contribution in [0, 0.1) is 0 Å². The molecule has 1 heterocycles. The number of carbonyl (C=O) groups excluding carboxylic acids is 1. The van der Waals surface area contributed by atoms with Gasteiger partial charge in [-0.15, -0.1) is 0 Å². The van der Waals surface area contributed by atoms with Crippen LogP contribution in [-0.4, -0.2) is 28.3 Å². The molecule has 6 nitrogen and oxygen atoms in total. The van der Waals surface area contributed by atoms with Gasteiger partial charge in [-0.3, -0.25) is 4.79 Å². The van der Waals surface area contributed by atoms with Crippen molar-refractivity contribution in [1.29, 1.82) is 0 Å². The minimum absolute atomic E-state index is 0.180. The quantitative estimate of drug-likeness (QED) is 0.556. The summed E-state index contributed by atoms with van der Waals surface area (Å²) in [7, 11) is 1.64. The molecule has 1 N–H and O–H groups in total. The maximum Gasteiger partial charge on any atom is 0.260 e. The molecule has 3 aromatic rings. The van der Waals surface area contributed by atoms with Crippen molar-refractivity contribution in [3.8, 4) is 5.75 Å². The summed E-state index contributed by atoms with van der Waals surface area (Å²) in [6, 6.07) is 15.5. The second kappa shape index (κ2) is 7.61. The van der Waals surface area contributed by atoms with Crippen molar-refractivity contribution in [2.45, 2.75) is 19.9 Å². The zero-order valence-electron chi connectivity index (χ0n) is 14.3. The van der Waals surface area contributed by atoms with Crippen LogP contribution in [0.5, 0.6) is 5.75 Å². The molecule has 6 heteroatoms. The Bertz CT molecular complexity index is 897. The van der Waals surface area contributed by atoms with Crippen molar-refractivity contribution in [3.05, 3.63) is 60.4 Å². The third-order valence-electron chi connectivity index (χ3n) is 3.83. The average molecular weight is 336 g/mol. The van der Waals surface area contributed by atoms with E-state index < -0.39 is 0 Å². The van der Waals surface area contributed by atoms with Gasteiger partial charge >= 0.3 is 0 Å². The highest BCUT2D eigenvalue weighted by Gasteiger charge is 2.06. The van der Waals surface area contributed by atoms with E-state index in [1.165, 1.54) is 0 Å². The fourth-order valence-electron chi connectivity index (χ4n) is 2.56. The van der Waals surface area contributed by atoms with Crippen molar-refractivity contribution in [2.75, 3.05) is 7.11 Å². The number of rotatable bonds is 6. The van der Waals surface area contributed by atoms with Crippen LogP contribution >= 0.6 is 0 Å². The molecular weight excluding hydrogens is 316 g/mol. The molecule has 2 aromatic carbocycles. The van der Waals surface area contributed by atoms with Gasteiger partial charge in [-0.1, -0.05) is 24.3 Å². The van der Waals surface area contributed by atoms with E-state index in [1.807, 2.05) is 55.5 Å². The van der Waals surface area contributed by atoms with Crippen LogP contribution < -0.4 is 10.2 Å². The van der Waals surface area contributed by atoms with Crippen LogP contribution in [0.2, 0.25) is 0 Å². The second-order valence-corrected chi connectivity index (χ2v) is 5.77. The van der Waals surface area contributed by atoms with Gasteiger partial charge in [-0.05, 0) is 36.8 Å². The zero-order chi connectivity index (χ0) is 17.6. The largest absolute Gasteiger partial charge is 0.497 e. The molecule has 0 aliphatic rings. The van der Waals surface area contributed by atoms with Crippen LogP contribution in [0.3, 0.4) is 0 Å². The highest BCUT2D eigenvalue weighted by molar-refractivity contribution is 5.86. The van der Waals surface area contributed by atoms with Crippen LogP contribution in [0.15, 0.2) is 60.0 Å². The first-order valence-electron chi connectivity index (χ1n) is 8.00. The van der Waals surface area contributed by atoms with Crippen LogP contribution in [-0.2, 0) is 17.8 Å². The highest BCUT2D eigenvalue weighted by Crippen LogP contribution is 2.12. The lowest BCUT2D eigenvalue weighted by Crippen LogP contribution is -2.24. The number of amides is 1. The second-order valence-electron chi connectivity index (χ2n) is 5.77. The number of carbonyl (C=O) groups is 1. The van der Waals surface area contributed by atoms with Crippen molar-refractivity contribution < 1.29 is 9.53 Å². The first-order chi connectivity index (χ1) is 12.2. The fraction of sp³-hybridized carbons (Fsp3) is 0.211. The Balaban J connectivity index is 1.57. The lowest BCUT2D eigenvalue weighted by molar-refractivity contribution is -0.121. The fourth-order valence-corrected chi connectivity index (χ4v) is 2.56. The van der Waals surface area contributed by atoms with E-state index in [2.05, 4.69) is 15.5 Å². The van der Waals surface area contributed by atoms with Gasteiger partial charge in [0.25, 0.3) is 5.91 Å². The van der Waals surface area contributed by atoms with Gasteiger partial charge in [-0.25, -0.2) is 10.4 Å². The molecule has 25 heavy (non-hydrogen) atoms. The summed E-state index contributed by atoms with van der Waals surface area (Å²) in [5.74, 6) is 0.636. The summed E-state index contributed by atoms with van der Waals surface area (Å²) in [4.78, 5) is 16.4. The molecule has 0 fully saturated rings. The number of hydrogen-bond acceptors (Lipinski definition) is 4. The van der Waals surface area contributed by atoms with Crippen molar-refractivity contribution in [3.63, 3.8) is 0 Å². The number of imidazole rings is 1. The number of para-hydroxylation sites is 2. The molecule has 0 saturated heterocycles. The van der Waals surface area contributed by atoms with E-state index in [1.54, 1.807) is 18.0 Å². The molecule has 0 unspecified atom stereocenters. The molecule has 0 saturated carbocycles. The molecule has 1 aromatic heterocycles. The third kappa shape index (κ3) is 4.23. The molecular formula is C19H20N4O2. The van der Waals surface area contributed by atoms with Gasteiger partial charge in [0.2, 0.25) is 0 Å². The summed E-state index contributed by atoms with van der Waals surface area (Å²) in [6.07, 6.45) is 2.33. The first kappa shape index (κ1) is 16.7. The first-order valence-corrected chi connectivity index (χ1v) is 8.00. The number of hydrogen-bond donors (Lipinski definition) is 1. The summed E-state index contributed by atoms with van der Waals surface area (Å²) >= 11 is 0. The van der Waals surface area contributed by atoms with Crippen molar-refractivity contribution >= 4 is 22.7 Å². The molecule has 128 valence electrons. The van der Waals surface area contributed by atoms with Gasteiger partial charge in [0.1, 0.15) is 12.3 Å². The number of aromatic nitrogens is 2. The zero-order valence-corrected chi connectivity index (χ0v) is 14.3. The predicted octanol–water partition coefficient (Wildman–Crippen LogP) is 2.78. The summed E-state index contributed by atoms with van der Waals surface area (Å²) in [6.45, 7) is 2.07. The smallest absolute Gasteiger partial charge is 0.260 e. The molecule has 3 rings (SSSR count). The number of nitrogens with zero attached hydrogens (tertiary/aromatic N) is 3. The van der Waals surface area contributed by atoms with E-state index >= 15 is 0 Å². The van der Waals surface area contributed by atoms with Gasteiger partial charge in [-0.2, -0.15) is 5.10 Å². The number of nitrogens with one attached hydrogen (secondary N) is 1. The maximum absolute atomic E-state index is 12.1. The molecule has 0 bridgehead atoms. The third-order valence-corrected chi connectivity index (χ3v) is 3.83. The molecule has 0 spiro atoms. The van der Waals surface area contributed by atoms with E-state index in [4.69, 9.17) is 4.74 Å². The number of methoxy groups -OCH3 is 1. The lowest BCUT2D eigenvalue weighted by atomic mass is 10.1. The van der Waals surface area contributed by atoms with Crippen molar-refractivity contribution in [1.82, 2.24) is 15.0 Å². The predicted molar refractivity (Wildman–Crippen MR) is 97.7 cm³/mol. The molecule has 0 aliphatic heterocycles. The highest BCUT2D eigenvalue weighted by atomic mass is 16.5.